The van der Waals surface area contributed by atoms with Crippen molar-refractivity contribution in [1.29, 1.82) is 0 Å². The van der Waals surface area contributed by atoms with Crippen LogP contribution in [0.25, 0.3) is 10.9 Å². The summed E-state index contributed by atoms with van der Waals surface area (Å²) < 4.78 is 0. The largest absolute Gasteiger partial charge is 0.362 e. The second-order valence-electron chi connectivity index (χ2n) is 7.94. The summed E-state index contributed by atoms with van der Waals surface area (Å²) in [5.74, 6) is 1.58. The number of carbonyl (C=O) groups excluding carboxylic acids is 1. The van der Waals surface area contributed by atoms with Gasteiger partial charge in [-0.2, -0.15) is 4.98 Å². The van der Waals surface area contributed by atoms with Gasteiger partial charge in [0.25, 0.3) is 0 Å². The molecule has 1 aliphatic carbocycles. The number of rotatable bonds is 5. The van der Waals surface area contributed by atoms with Gasteiger partial charge in [0.2, 0.25) is 5.95 Å². The molecule has 4 rings (SSSR count). The lowest BCUT2D eigenvalue weighted by Crippen LogP contribution is -2.42. The van der Waals surface area contributed by atoms with E-state index in [1.54, 1.807) is 0 Å². The van der Waals surface area contributed by atoms with Gasteiger partial charge in [0, 0.05) is 37.3 Å². The molecule has 0 saturated heterocycles. The third-order valence-electron chi connectivity index (χ3n) is 5.43. The second-order valence-corrected chi connectivity index (χ2v) is 7.94. The smallest absolute Gasteiger partial charge is 0.319 e. The van der Waals surface area contributed by atoms with E-state index in [0.29, 0.717) is 12.0 Å². The van der Waals surface area contributed by atoms with Crippen molar-refractivity contribution in [3.05, 3.63) is 54.6 Å². The fourth-order valence-electron chi connectivity index (χ4n) is 3.90. The number of anilines is 3. The zero-order valence-corrected chi connectivity index (χ0v) is 17.4. The van der Waals surface area contributed by atoms with E-state index < -0.39 is 0 Å². The SMILES string of the molecule is CN(C)c1nc(N[C@H]2CC[C@@H](NC(=O)Nc3ccccc3)CC2)nc2ccccc12. The number of amides is 2. The van der Waals surface area contributed by atoms with E-state index in [9.17, 15) is 4.79 Å². The molecule has 0 atom stereocenters. The van der Waals surface area contributed by atoms with Gasteiger partial charge in [0.1, 0.15) is 5.82 Å². The van der Waals surface area contributed by atoms with Crippen molar-refractivity contribution in [2.75, 3.05) is 29.6 Å². The summed E-state index contributed by atoms with van der Waals surface area (Å²) in [4.78, 5) is 23.7. The van der Waals surface area contributed by atoms with Crippen LogP contribution in [-0.4, -0.2) is 42.2 Å². The number of urea groups is 1. The molecule has 0 bridgehead atoms. The monoisotopic (exact) mass is 404 g/mol. The fourth-order valence-corrected chi connectivity index (χ4v) is 3.90. The van der Waals surface area contributed by atoms with Crippen molar-refractivity contribution in [2.24, 2.45) is 0 Å². The van der Waals surface area contributed by atoms with Gasteiger partial charge < -0.3 is 20.9 Å². The number of benzene rings is 2. The molecular weight excluding hydrogens is 376 g/mol. The predicted molar refractivity (Wildman–Crippen MR) is 122 cm³/mol. The van der Waals surface area contributed by atoms with Gasteiger partial charge in [-0.05, 0) is 49.9 Å². The number of carbonyl (C=O) groups is 1. The maximum absolute atomic E-state index is 12.2. The maximum atomic E-state index is 12.2. The number of nitrogens with zero attached hydrogens (tertiary/aromatic N) is 3. The molecule has 1 aromatic heterocycles. The van der Waals surface area contributed by atoms with E-state index >= 15 is 0 Å². The summed E-state index contributed by atoms with van der Waals surface area (Å²) >= 11 is 0. The first kappa shape index (κ1) is 19.9. The number of hydrogen-bond donors (Lipinski definition) is 3. The van der Waals surface area contributed by atoms with Gasteiger partial charge in [-0.3, -0.25) is 0 Å². The molecule has 1 aliphatic rings. The first-order chi connectivity index (χ1) is 14.6. The normalized spacial score (nSPS) is 18.6. The Kier molecular flexibility index (Phi) is 5.97. The predicted octanol–water partition coefficient (Wildman–Crippen LogP) is 4.24. The van der Waals surface area contributed by atoms with Crippen molar-refractivity contribution < 1.29 is 4.79 Å². The number of aromatic nitrogens is 2. The van der Waals surface area contributed by atoms with Crippen LogP contribution >= 0.6 is 0 Å². The first-order valence-corrected chi connectivity index (χ1v) is 10.4. The molecule has 7 heteroatoms. The average molecular weight is 405 g/mol. The van der Waals surface area contributed by atoms with Gasteiger partial charge in [-0.15, -0.1) is 0 Å². The molecule has 30 heavy (non-hydrogen) atoms. The Bertz CT molecular complexity index is 999. The Morgan fingerprint density at radius 2 is 1.57 bits per heavy atom. The molecule has 0 unspecified atom stereocenters. The van der Waals surface area contributed by atoms with Crippen LogP contribution in [0.1, 0.15) is 25.7 Å². The van der Waals surface area contributed by atoms with Gasteiger partial charge in [0.15, 0.2) is 0 Å². The molecule has 1 fully saturated rings. The molecule has 156 valence electrons. The number of fused-ring (bicyclic) bond motifs is 1. The maximum Gasteiger partial charge on any atom is 0.319 e. The standard InChI is InChI=1S/C23H28N6O/c1-29(2)21-19-10-6-7-11-20(19)27-22(28-21)24-17-12-14-18(15-13-17)26-23(30)25-16-8-4-3-5-9-16/h3-11,17-18H,12-15H2,1-2H3,(H,24,27,28)(H2,25,26,30)/t17-,18+. The number of para-hydroxylation sites is 2. The quantitative estimate of drug-likeness (QED) is 0.592. The molecule has 0 radical (unpaired) electrons. The van der Waals surface area contributed by atoms with Gasteiger partial charge in [0.05, 0.1) is 5.52 Å². The van der Waals surface area contributed by atoms with Crippen LogP contribution in [0.3, 0.4) is 0 Å². The lowest BCUT2D eigenvalue weighted by atomic mass is 9.91. The minimum Gasteiger partial charge on any atom is -0.362 e. The summed E-state index contributed by atoms with van der Waals surface area (Å²) in [6.07, 6.45) is 3.77. The lowest BCUT2D eigenvalue weighted by Gasteiger charge is -2.30. The summed E-state index contributed by atoms with van der Waals surface area (Å²) in [7, 11) is 3.99. The van der Waals surface area contributed by atoms with Crippen LogP contribution in [-0.2, 0) is 0 Å². The minimum atomic E-state index is -0.147. The van der Waals surface area contributed by atoms with E-state index in [1.165, 1.54) is 0 Å². The Labute approximate surface area is 176 Å². The summed E-state index contributed by atoms with van der Waals surface area (Å²) in [5, 5.41) is 10.5. The highest BCUT2D eigenvalue weighted by Gasteiger charge is 2.23. The summed E-state index contributed by atoms with van der Waals surface area (Å²) in [6.45, 7) is 0. The van der Waals surface area contributed by atoms with Gasteiger partial charge in [-0.25, -0.2) is 9.78 Å². The highest BCUT2D eigenvalue weighted by molar-refractivity contribution is 5.90. The molecule has 3 N–H and O–H groups in total. The third kappa shape index (κ3) is 4.79. The first-order valence-electron chi connectivity index (χ1n) is 10.4. The minimum absolute atomic E-state index is 0.147. The molecule has 0 aliphatic heterocycles. The Morgan fingerprint density at radius 3 is 2.30 bits per heavy atom. The van der Waals surface area contributed by atoms with Crippen LogP contribution in [0.5, 0.6) is 0 Å². The fraction of sp³-hybridized carbons (Fsp3) is 0.348. The topological polar surface area (TPSA) is 82.2 Å². The molecule has 2 amide bonds. The molecule has 2 aromatic carbocycles. The third-order valence-corrected chi connectivity index (χ3v) is 5.43. The lowest BCUT2D eigenvalue weighted by molar-refractivity contribution is 0.243. The Hall–Kier alpha value is -3.35. The summed E-state index contributed by atoms with van der Waals surface area (Å²) in [6, 6.07) is 17.9. The van der Waals surface area contributed by atoms with E-state index in [4.69, 9.17) is 9.97 Å². The van der Waals surface area contributed by atoms with Crippen LogP contribution in [0, 0.1) is 0 Å². The molecule has 1 saturated carbocycles. The highest BCUT2D eigenvalue weighted by Crippen LogP contribution is 2.26. The Balaban J connectivity index is 1.33. The van der Waals surface area contributed by atoms with E-state index in [1.807, 2.05) is 73.6 Å². The van der Waals surface area contributed by atoms with E-state index in [-0.39, 0.29) is 12.1 Å². The van der Waals surface area contributed by atoms with Crippen LogP contribution in [0.15, 0.2) is 54.6 Å². The van der Waals surface area contributed by atoms with Crippen molar-refractivity contribution in [1.82, 2.24) is 15.3 Å². The van der Waals surface area contributed by atoms with E-state index in [0.717, 1.165) is 48.1 Å². The van der Waals surface area contributed by atoms with Gasteiger partial charge >= 0.3 is 6.03 Å². The summed E-state index contributed by atoms with van der Waals surface area (Å²) in [5.41, 5.74) is 1.74. The van der Waals surface area contributed by atoms with Gasteiger partial charge in [-0.1, -0.05) is 30.3 Å². The van der Waals surface area contributed by atoms with Crippen molar-refractivity contribution in [2.45, 2.75) is 37.8 Å². The number of nitrogens with one attached hydrogen (secondary N) is 3. The molecule has 3 aromatic rings. The van der Waals surface area contributed by atoms with E-state index in [2.05, 4.69) is 16.0 Å². The zero-order valence-electron chi connectivity index (χ0n) is 17.4. The highest BCUT2D eigenvalue weighted by atomic mass is 16.2. The second kappa shape index (κ2) is 8.98. The van der Waals surface area contributed by atoms with Crippen LogP contribution < -0.4 is 20.9 Å². The van der Waals surface area contributed by atoms with Crippen molar-refractivity contribution in [3.63, 3.8) is 0 Å². The molecule has 1 heterocycles. The molecular formula is C23H28N6O. The Morgan fingerprint density at radius 1 is 0.900 bits per heavy atom. The molecule has 7 nitrogen and oxygen atoms in total. The number of hydrogen-bond acceptors (Lipinski definition) is 5. The van der Waals surface area contributed by atoms with Crippen LogP contribution in [0.4, 0.5) is 22.2 Å². The molecule has 0 spiro atoms. The zero-order chi connectivity index (χ0) is 20.9. The van der Waals surface area contributed by atoms with Crippen molar-refractivity contribution >= 4 is 34.4 Å². The van der Waals surface area contributed by atoms with Crippen LogP contribution in [0.2, 0.25) is 0 Å². The average Bonchev–Trinajstić information content (AvgIpc) is 2.75. The van der Waals surface area contributed by atoms with Crippen molar-refractivity contribution in [3.8, 4) is 0 Å².